The van der Waals surface area contributed by atoms with Crippen LogP contribution in [0.15, 0.2) is 18.2 Å². The lowest BCUT2D eigenvalue weighted by molar-refractivity contribution is -0.142. The summed E-state index contributed by atoms with van der Waals surface area (Å²) in [5.74, 6) is 0.471. The van der Waals surface area contributed by atoms with Gasteiger partial charge < -0.3 is 9.47 Å². The van der Waals surface area contributed by atoms with Crippen molar-refractivity contribution in [3.8, 4) is 5.75 Å². The van der Waals surface area contributed by atoms with Crippen molar-refractivity contribution in [2.45, 2.75) is 20.5 Å². The molecule has 0 radical (unpaired) electrons. The average Bonchev–Trinajstić information content (AvgIpc) is 2.15. The van der Waals surface area contributed by atoms with E-state index in [0.717, 1.165) is 16.9 Å². The lowest BCUT2D eigenvalue weighted by Crippen LogP contribution is -2.00. The summed E-state index contributed by atoms with van der Waals surface area (Å²) in [7, 11) is 1.60. The summed E-state index contributed by atoms with van der Waals surface area (Å²) in [6.07, 6.45) is 0. The zero-order chi connectivity index (χ0) is 10.6. The van der Waals surface area contributed by atoms with Gasteiger partial charge in [-0.3, -0.25) is 4.79 Å². The predicted octanol–water partition coefficient (Wildman–Crippen LogP) is 2.07. The van der Waals surface area contributed by atoms with Crippen molar-refractivity contribution in [2.75, 3.05) is 7.11 Å². The molecule has 0 unspecified atom stereocenters. The van der Waals surface area contributed by atoms with Gasteiger partial charge in [-0.15, -0.1) is 0 Å². The van der Waals surface area contributed by atoms with Crippen LogP contribution in [0.5, 0.6) is 5.75 Å². The Morgan fingerprint density at radius 2 is 2.14 bits per heavy atom. The summed E-state index contributed by atoms with van der Waals surface area (Å²) in [4.78, 5) is 10.6. The summed E-state index contributed by atoms with van der Waals surface area (Å²) in [6, 6.07) is 5.78. The Morgan fingerprint density at radius 1 is 1.43 bits per heavy atom. The molecule has 14 heavy (non-hydrogen) atoms. The monoisotopic (exact) mass is 194 g/mol. The predicted molar refractivity (Wildman–Crippen MR) is 53.2 cm³/mol. The summed E-state index contributed by atoms with van der Waals surface area (Å²) in [5, 5.41) is 0. The quantitative estimate of drug-likeness (QED) is 0.691. The number of ether oxygens (including phenoxy) is 2. The Kier molecular flexibility index (Phi) is 3.51. The molecule has 76 valence electrons. The van der Waals surface area contributed by atoms with E-state index < -0.39 is 0 Å². The zero-order valence-corrected chi connectivity index (χ0v) is 8.66. The van der Waals surface area contributed by atoms with Gasteiger partial charge in [-0.2, -0.15) is 0 Å². The van der Waals surface area contributed by atoms with Crippen molar-refractivity contribution < 1.29 is 14.3 Å². The number of benzene rings is 1. The van der Waals surface area contributed by atoms with Crippen LogP contribution in [0.1, 0.15) is 18.1 Å². The minimum Gasteiger partial charge on any atom is -0.496 e. The molecule has 1 aromatic rings. The fourth-order valence-corrected chi connectivity index (χ4v) is 1.15. The molecule has 1 rings (SSSR count). The highest BCUT2D eigenvalue weighted by Crippen LogP contribution is 2.20. The van der Waals surface area contributed by atoms with Crippen molar-refractivity contribution in [3.05, 3.63) is 29.3 Å². The number of methoxy groups -OCH3 is 1. The third-order valence-electron chi connectivity index (χ3n) is 1.87. The van der Waals surface area contributed by atoms with Crippen LogP contribution in [0, 0.1) is 6.92 Å². The van der Waals surface area contributed by atoms with Crippen molar-refractivity contribution in [1.82, 2.24) is 0 Å². The van der Waals surface area contributed by atoms with E-state index >= 15 is 0 Å². The van der Waals surface area contributed by atoms with Gasteiger partial charge in [0.1, 0.15) is 12.4 Å². The van der Waals surface area contributed by atoms with E-state index in [9.17, 15) is 4.79 Å². The largest absolute Gasteiger partial charge is 0.496 e. The summed E-state index contributed by atoms with van der Waals surface area (Å²) >= 11 is 0. The Morgan fingerprint density at radius 3 is 2.71 bits per heavy atom. The molecule has 3 heteroatoms. The molecule has 0 aliphatic carbocycles. The maximum Gasteiger partial charge on any atom is 0.302 e. The molecular formula is C11H14O3. The number of aryl methyl sites for hydroxylation is 1. The third-order valence-corrected chi connectivity index (χ3v) is 1.87. The van der Waals surface area contributed by atoms with Gasteiger partial charge in [0.25, 0.3) is 0 Å². The standard InChI is InChI=1S/C11H14O3/c1-8-4-5-10(7-14-9(2)12)11(6-8)13-3/h4-6H,7H2,1-3H3. The van der Waals surface area contributed by atoms with Crippen molar-refractivity contribution in [3.63, 3.8) is 0 Å². The summed E-state index contributed by atoms with van der Waals surface area (Å²) < 4.78 is 10.1. The van der Waals surface area contributed by atoms with E-state index in [1.54, 1.807) is 7.11 Å². The second-order valence-corrected chi connectivity index (χ2v) is 3.10. The van der Waals surface area contributed by atoms with Crippen LogP contribution < -0.4 is 4.74 Å². The van der Waals surface area contributed by atoms with E-state index in [-0.39, 0.29) is 12.6 Å². The minimum absolute atomic E-state index is 0.263. The van der Waals surface area contributed by atoms with Crippen LogP contribution >= 0.6 is 0 Å². The number of esters is 1. The van der Waals surface area contributed by atoms with Crippen LogP contribution in [0.3, 0.4) is 0 Å². The van der Waals surface area contributed by atoms with Gasteiger partial charge in [0.2, 0.25) is 0 Å². The van der Waals surface area contributed by atoms with Gasteiger partial charge in [-0.05, 0) is 18.6 Å². The van der Waals surface area contributed by atoms with Crippen molar-refractivity contribution >= 4 is 5.97 Å². The molecule has 0 bridgehead atoms. The Labute approximate surface area is 83.6 Å². The molecular weight excluding hydrogens is 180 g/mol. The number of hydrogen-bond acceptors (Lipinski definition) is 3. The molecule has 0 atom stereocenters. The smallest absolute Gasteiger partial charge is 0.302 e. The van der Waals surface area contributed by atoms with E-state index in [4.69, 9.17) is 9.47 Å². The first-order chi connectivity index (χ1) is 6.63. The highest BCUT2D eigenvalue weighted by Gasteiger charge is 2.04. The first-order valence-corrected chi connectivity index (χ1v) is 4.40. The van der Waals surface area contributed by atoms with Gasteiger partial charge in [0, 0.05) is 12.5 Å². The molecule has 0 aromatic heterocycles. The van der Waals surface area contributed by atoms with Gasteiger partial charge in [-0.1, -0.05) is 12.1 Å². The number of hydrogen-bond donors (Lipinski definition) is 0. The number of carbonyl (C=O) groups is 1. The van der Waals surface area contributed by atoms with Gasteiger partial charge in [0.15, 0.2) is 0 Å². The Hall–Kier alpha value is -1.51. The maximum atomic E-state index is 10.6. The highest BCUT2D eigenvalue weighted by atomic mass is 16.5. The van der Waals surface area contributed by atoms with E-state index in [2.05, 4.69) is 0 Å². The average molecular weight is 194 g/mol. The summed E-state index contributed by atoms with van der Waals surface area (Å²) in [5.41, 5.74) is 2.00. The lowest BCUT2D eigenvalue weighted by Gasteiger charge is -2.08. The second-order valence-electron chi connectivity index (χ2n) is 3.10. The van der Waals surface area contributed by atoms with Gasteiger partial charge in [0.05, 0.1) is 7.11 Å². The molecule has 3 nitrogen and oxygen atoms in total. The van der Waals surface area contributed by atoms with Crippen LogP contribution in [0.25, 0.3) is 0 Å². The molecule has 0 saturated heterocycles. The molecule has 0 fully saturated rings. The summed E-state index contributed by atoms with van der Waals surface area (Å²) in [6.45, 7) is 3.64. The Balaban J connectivity index is 2.80. The molecule has 0 N–H and O–H groups in total. The second kappa shape index (κ2) is 4.65. The molecule has 1 aromatic carbocycles. The van der Waals surface area contributed by atoms with E-state index in [1.165, 1.54) is 6.92 Å². The van der Waals surface area contributed by atoms with Crippen molar-refractivity contribution in [2.24, 2.45) is 0 Å². The fourth-order valence-electron chi connectivity index (χ4n) is 1.15. The minimum atomic E-state index is -0.285. The van der Waals surface area contributed by atoms with Crippen LogP contribution in [-0.4, -0.2) is 13.1 Å². The fraction of sp³-hybridized carbons (Fsp3) is 0.364. The molecule has 0 saturated carbocycles. The molecule has 0 heterocycles. The van der Waals surface area contributed by atoms with Crippen LogP contribution in [0.4, 0.5) is 0 Å². The van der Waals surface area contributed by atoms with Gasteiger partial charge in [-0.25, -0.2) is 0 Å². The molecule has 0 spiro atoms. The third kappa shape index (κ3) is 2.76. The van der Waals surface area contributed by atoms with Crippen LogP contribution in [-0.2, 0) is 16.1 Å². The van der Waals surface area contributed by atoms with E-state index in [1.807, 2.05) is 25.1 Å². The topological polar surface area (TPSA) is 35.5 Å². The number of carbonyl (C=O) groups excluding carboxylic acids is 1. The number of rotatable bonds is 3. The highest BCUT2D eigenvalue weighted by molar-refractivity contribution is 5.66. The maximum absolute atomic E-state index is 10.6. The molecule has 0 amide bonds. The van der Waals surface area contributed by atoms with Crippen molar-refractivity contribution in [1.29, 1.82) is 0 Å². The molecule has 0 aliphatic heterocycles. The first-order valence-electron chi connectivity index (χ1n) is 4.40. The zero-order valence-electron chi connectivity index (χ0n) is 8.66. The normalized spacial score (nSPS) is 9.64. The van der Waals surface area contributed by atoms with Crippen LogP contribution in [0.2, 0.25) is 0 Å². The Bertz CT molecular complexity index is 331. The SMILES string of the molecule is COc1cc(C)ccc1COC(C)=O. The van der Waals surface area contributed by atoms with Gasteiger partial charge >= 0.3 is 5.97 Å². The van der Waals surface area contributed by atoms with E-state index in [0.29, 0.717) is 0 Å². The lowest BCUT2D eigenvalue weighted by atomic mass is 10.1. The molecule has 0 aliphatic rings. The first kappa shape index (κ1) is 10.6.